The van der Waals surface area contributed by atoms with Crippen LogP contribution in [0.2, 0.25) is 0 Å². The van der Waals surface area contributed by atoms with Gasteiger partial charge in [0, 0.05) is 12.7 Å². The number of aryl methyl sites for hydroxylation is 2. The minimum absolute atomic E-state index is 0.0434. The quantitative estimate of drug-likeness (QED) is 0.419. The summed E-state index contributed by atoms with van der Waals surface area (Å²) in [5.41, 5.74) is 2.02. The van der Waals surface area contributed by atoms with Crippen molar-refractivity contribution in [3.8, 4) is 11.6 Å². The highest BCUT2D eigenvalue weighted by Crippen LogP contribution is 2.34. The number of aliphatic carboxylic acids is 1. The van der Waals surface area contributed by atoms with Gasteiger partial charge in [-0.3, -0.25) is 23.7 Å². The Morgan fingerprint density at radius 1 is 1.24 bits per heavy atom. The van der Waals surface area contributed by atoms with Gasteiger partial charge in [0.2, 0.25) is 5.88 Å². The average Bonchev–Trinajstić information content (AvgIpc) is 3.03. The fraction of sp³-hybridized carbons (Fsp3) is 0.174. The number of benzene rings is 1. The molecule has 168 valence electrons. The fourth-order valence-corrected chi connectivity index (χ4v) is 4.62. The summed E-state index contributed by atoms with van der Waals surface area (Å²) in [5, 5.41) is 8.93. The van der Waals surface area contributed by atoms with Crippen LogP contribution in [0.25, 0.3) is 11.7 Å². The predicted molar refractivity (Wildman–Crippen MR) is 130 cm³/mol. The summed E-state index contributed by atoms with van der Waals surface area (Å²) in [7, 11) is 0. The van der Waals surface area contributed by atoms with Gasteiger partial charge in [-0.1, -0.05) is 47.7 Å². The molecule has 3 aromatic rings. The van der Waals surface area contributed by atoms with Crippen LogP contribution in [-0.2, 0) is 9.59 Å². The number of aromatic nitrogens is 2. The van der Waals surface area contributed by atoms with Gasteiger partial charge in [0.1, 0.15) is 21.3 Å². The number of carboxylic acids is 1. The lowest BCUT2D eigenvalue weighted by Gasteiger charge is -2.13. The molecule has 0 aliphatic carbocycles. The van der Waals surface area contributed by atoms with Gasteiger partial charge < -0.3 is 9.84 Å². The summed E-state index contributed by atoms with van der Waals surface area (Å²) < 4.78 is 7.65. The number of pyridine rings is 1. The zero-order valence-corrected chi connectivity index (χ0v) is 19.4. The molecule has 1 amide bonds. The van der Waals surface area contributed by atoms with Crippen molar-refractivity contribution in [2.45, 2.75) is 20.3 Å². The van der Waals surface area contributed by atoms with E-state index in [2.05, 4.69) is 4.98 Å². The molecule has 8 nitrogen and oxygen atoms in total. The third-order valence-corrected chi connectivity index (χ3v) is 6.35. The first-order valence-corrected chi connectivity index (χ1v) is 11.2. The van der Waals surface area contributed by atoms with Gasteiger partial charge in [-0.2, -0.15) is 4.98 Å². The number of fused-ring (bicyclic) bond motifs is 1. The predicted octanol–water partition coefficient (Wildman–Crippen LogP) is 3.78. The van der Waals surface area contributed by atoms with Crippen LogP contribution in [0, 0.1) is 13.8 Å². The highest BCUT2D eigenvalue weighted by molar-refractivity contribution is 8.26. The van der Waals surface area contributed by atoms with Gasteiger partial charge in [0.05, 0.1) is 11.3 Å². The first kappa shape index (κ1) is 22.7. The number of hydrogen-bond donors (Lipinski definition) is 1. The Labute approximate surface area is 198 Å². The Morgan fingerprint density at radius 3 is 2.76 bits per heavy atom. The third kappa shape index (κ3) is 4.67. The largest absolute Gasteiger partial charge is 0.481 e. The molecule has 0 unspecified atom stereocenters. The maximum atomic E-state index is 13.3. The van der Waals surface area contributed by atoms with Crippen LogP contribution in [0.4, 0.5) is 0 Å². The van der Waals surface area contributed by atoms with Crippen LogP contribution in [-0.4, -0.2) is 42.1 Å². The smallest absolute Gasteiger partial charge is 0.305 e. The fourth-order valence-electron chi connectivity index (χ4n) is 3.33. The molecule has 10 heteroatoms. The van der Waals surface area contributed by atoms with Crippen molar-refractivity contribution in [2.24, 2.45) is 0 Å². The highest BCUT2D eigenvalue weighted by Gasteiger charge is 2.33. The van der Waals surface area contributed by atoms with Gasteiger partial charge in [-0.25, -0.2) is 0 Å². The van der Waals surface area contributed by atoms with Gasteiger partial charge in [0.25, 0.3) is 11.5 Å². The molecule has 1 aliphatic rings. The number of carboxylic acid groups (broad SMARTS) is 1. The Kier molecular flexibility index (Phi) is 6.30. The molecular formula is C23H19N3O5S2. The van der Waals surface area contributed by atoms with Crippen molar-refractivity contribution >= 4 is 51.9 Å². The number of thiocarbonyl (C=S) groups is 1. The lowest BCUT2D eigenvalue weighted by atomic mass is 10.1. The molecule has 1 N–H and O–H groups in total. The van der Waals surface area contributed by atoms with E-state index in [-0.39, 0.29) is 33.6 Å². The Bertz CT molecular complexity index is 1400. The highest BCUT2D eigenvalue weighted by atomic mass is 32.2. The minimum atomic E-state index is -1.03. The zero-order valence-electron chi connectivity index (χ0n) is 17.8. The Balaban J connectivity index is 1.81. The van der Waals surface area contributed by atoms with E-state index in [4.69, 9.17) is 22.1 Å². The first-order chi connectivity index (χ1) is 15.7. The molecule has 1 saturated heterocycles. The van der Waals surface area contributed by atoms with Gasteiger partial charge in [-0.05, 0) is 43.7 Å². The van der Waals surface area contributed by atoms with Crippen molar-refractivity contribution < 1.29 is 19.4 Å². The number of amides is 1. The third-order valence-electron chi connectivity index (χ3n) is 4.97. The number of carbonyl (C=O) groups excluding carboxylic acids is 1. The topological polar surface area (TPSA) is 101 Å². The van der Waals surface area contributed by atoms with Crippen LogP contribution < -0.4 is 10.3 Å². The van der Waals surface area contributed by atoms with Crippen LogP contribution in [0.15, 0.2) is 52.3 Å². The summed E-state index contributed by atoms with van der Waals surface area (Å²) in [6.45, 7) is 3.82. The molecule has 3 heterocycles. The van der Waals surface area contributed by atoms with Gasteiger partial charge >= 0.3 is 5.97 Å². The molecule has 0 bridgehead atoms. The SMILES string of the molecule is Cc1ccc(Oc2nc3ccccn3c(=O)c2/C=C2/SC(=S)N(CCC(=O)O)C2=O)c(C)c1. The van der Waals surface area contributed by atoms with Crippen LogP contribution in [0.3, 0.4) is 0 Å². The van der Waals surface area contributed by atoms with Crippen molar-refractivity contribution in [3.05, 3.63) is 74.5 Å². The molecule has 1 aliphatic heterocycles. The second-order valence-corrected chi connectivity index (χ2v) is 9.09. The summed E-state index contributed by atoms with van der Waals surface area (Å²) in [5.74, 6) is -0.888. The van der Waals surface area contributed by atoms with E-state index in [1.807, 2.05) is 26.0 Å². The average molecular weight is 482 g/mol. The molecule has 0 spiro atoms. The molecule has 33 heavy (non-hydrogen) atoms. The summed E-state index contributed by atoms with van der Waals surface area (Å²) in [4.78, 5) is 43.0. The number of thioether (sulfide) groups is 1. The summed E-state index contributed by atoms with van der Waals surface area (Å²) in [6, 6.07) is 10.8. The molecular weight excluding hydrogens is 462 g/mol. The van der Waals surface area contributed by atoms with Crippen molar-refractivity contribution in [1.29, 1.82) is 0 Å². The summed E-state index contributed by atoms with van der Waals surface area (Å²) >= 11 is 6.25. The molecule has 2 aromatic heterocycles. The van der Waals surface area contributed by atoms with Gasteiger partial charge in [0.15, 0.2) is 0 Å². The van der Waals surface area contributed by atoms with E-state index >= 15 is 0 Å². The Hall–Kier alpha value is -3.50. The number of rotatable bonds is 6. The second kappa shape index (κ2) is 9.16. The first-order valence-electron chi connectivity index (χ1n) is 9.98. The molecule has 1 aromatic carbocycles. The van der Waals surface area contributed by atoms with Crippen LogP contribution >= 0.6 is 24.0 Å². The normalized spacial score (nSPS) is 15.0. The van der Waals surface area contributed by atoms with E-state index < -0.39 is 17.4 Å². The zero-order chi connectivity index (χ0) is 23.7. The molecule has 0 saturated carbocycles. The maximum Gasteiger partial charge on any atom is 0.305 e. The number of carbonyl (C=O) groups is 2. The van der Waals surface area contributed by atoms with E-state index in [1.165, 1.54) is 15.4 Å². The van der Waals surface area contributed by atoms with E-state index in [0.29, 0.717) is 11.4 Å². The standard InChI is InChI=1S/C23H19N3O5S2/c1-13-6-7-16(14(2)11-13)31-20-15(21(29)25-9-4-3-5-18(25)24-20)12-17-22(30)26(23(32)33-17)10-8-19(27)28/h3-7,9,11-12H,8,10H2,1-2H3,(H,27,28)/b17-12+. The second-order valence-electron chi connectivity index (χ2n) is 7.41. The Morgan fingerprint density at radius 2 is 2.03 bits per heavy atom. The van der Waals surface area contributed by atoms with Crippen molar-refractivity contribution in [1.82, 2.24) is 14.3 Å². The van der Waals surface area contributed by atoms with Gasteiger partial charge in [-0.15, -0.1) is 0 Å². The number of nitrogens with zero attached hydrogens (tertiary/aromatic N) is 3. The van der Waals surface area contributed by atoms with Crippen LogP contribution in [0.5, 0.6) is 11.6 Å². The number of ether oxygens (including phenoxy) is 1. The van der Waals surface area contributed by atoms with E-state index in [1.54, 1.807) is 30.5 Å². The number of hydrogen-bond acceptors (Lipinski definition) is 7. The summed E-state index contributed by atoms with van der Waals surface area (Å²) in [6.07, 6.45) is 2.76. The van der Waals surface area contributed by atoms with E-state index in [9.17, 15) is 14.4 Å². The molecule has 1 fully saturated rings. The molecule has 4 rings (SSSR count). The monoisotopic (exact) mass is 481 g/mol. The van der Waals surface area contributed by atoms with Crippen LogP contribution in [0.1, 0.15) is 23.1 Å². The minimum Gasteiger partial charge on any atom is -0.481 e. The molecule has 0 atom stereocenters. The lowest BCUT2D eigenvalue weighted by molar-refractivity contribution is -0.137. The molecule has 0 radical (unpaired) electrons. The lowest BCUT2D eigenvalue weighted by Crippen LogP contribution is -2.30. The van der Waals surface area contributed by atoms with Crippen molar-refractivity contribution in [2.75, 3.05) is 6.54 Å². The van der Waals surface area contributed by atoms with Crippen molar-refractivity contribution in [3.63, 3.8) is 0 Å². The maximum absolute atomic E-state index is 13.3. The van der Waals surface area contributed by atoms with E-state index in [0.717, 1.165) is 22.9 Å².